The lowest BCUT2D eigenvalue weighted by atomic mass is 10.2. The van der Waals surface area contributed by atoms with Crippen molar-refractivity contribution in [2.45, 2.75) is 30.8 Å². The van der Waals surface area contributed by atoms with E-state index in [1.165, 1.54) is 28.6 Å². The Balaban J connectivity index is 1.87. The Hall–Kier alpha value is -2.59. The summed E-state index contributed by atoms with van der Waals surface area (Å²) in [6.07, 6.45) is 2.26. The van der Waals surface area contributed by atoms with Crippen LogP contribution >= 0.6 is 0 Å². The Kier molecular flexibility index (Phi) is 6.43. The molecule has 156 valence electrons. The van der Waals surface area contributed by atoms with Crippen LogP contribution in [0.1, 0.15) is 29.6 Å². The lowest BCUT2D eigenvalue weighted by Gasteiger charge is -2.26. The van der Waals surface area contributed by atoms with Gasteiger partial charge >= 0.3 is 6.61 Å². The number of hydrogen-bond acceptors (Lipinski definition) is 4. The molecule has 0 saturated carbocycles. The van der Waals surface area contributed by atoms with E-state index in [9.17, 15) is 26.4 Å². The summed E-state index contributed by atoms with van der Waals surface area (Å²) in [6.45, 7) is -2.51. The first kappa shape index (κ1) is 21.1. The molecule has 1 N–H and O–H groups in total. The van der Waals surface area contributed by atoms with Gasteiger partial charge in [0.1, 0.15) is 16.5 Å². The molecule has 1 heterocycles. The van der Waals surface area contributed by atoms with Gasteiger partial charge in [0.15, 0.2) is 0 Å². The van der Waals surface area contributed by atoms with E-state index in [-0.39, 0.29) is 30.1 Å². The number of amides is 1. The van der Waals surface area contributed by atoms with E-state index in [1.54, 1.807) is 0 Å². The van der Waals surface area contributed by atoms with Gasteiger partial charge in [-0.15, -0.1) is 0 Å². The number of nitrogens with one attached hydrogen (secondary N) is 1. The Morgan fingerprint density at radius 1 is 1.07 bits per heavy atom. The molecule has 0 unspecified atom stereocenters. The third kappa shape index (κ3) is 4.88. The van der Waals surface area contributed by atoms with Gasteiger partial charge in [0.2, 0.25) is 10.0 Å². The molecule has 0 atom stereocenters. The molecule has 1 amide bonds. The highest BCUT2D eigenvalue weighted by molar-refractivity contribution is 7.89. The third-order valence-corrected chi connectivity index (χ3v) is 6.39. The Labute approximate surface area is 166 Å². The first-order valence-electron chi connectivity index (χ1n) is 8.94. The number of piperidine rings is 1. The number of halogens is 3. The van der Waals surface area contributed by atoms with Crippen LogP contribution in [0.25, 0.3) is 0 Å². The number of carbonyl (C=O) groups excluding carboxylic acids is 1. The first-order valence-corrected chi connectivity index (χ1v) is 10.4. The van der Waals surface area contributed by atoms with Gasteiger partial charge in [-0.1, -0.05) is 18.6 Å². The van der Waals surface area contributed by atoms with Gasteiger partial charge in [-0.3, -0.25) is 4.79 Å². The number of rotatable bonds is 6. The van der Waals surface area contributed by atoms with Crippen LogP contribution in [0.4, 0.5) is 18.9 Å². The fourth-order valence-corrected chi connectivity index (χ4v) is 4.66. The Bertz CT molecular complexity index is 993. The standard InChI is InChI=1S/C19H19F3N2O4S/c20-14-9-8-13(12-17(14)29(26,27)24-10-4-1-5-11-24)18(25)23-15-6-2-3-7-16(15)28-19(21)22/h2-3,6-9,12,19H,1,4-5,10-11H2,(H,23,25). The van der Waals surface area contributed by atoms with Crippen molar-refractivity contribution in [1.29, 1.82) is 0 Å². The molecule has 0 aliphatic carbocycles. The van der Waals surface area contributed by atoms with Crippen molar-refractivity contribution >= 4 is 21.6 Å². The van der Waals surface area contributed by atoms with Gasteiger partial charge < -0.3 is 10.1 Å². The minimum atomic E-state index is -4.09. The summed E-state index contributed by atoms with van der Waals surface area (Å²) >= 11 is 0. The maximum Gasteiger partial charge on any atom is 0.387 e. The van der Waals surface area contributed by atoms with Gasteiger partial charge in [0.05, 0.1) is 5.69 Å². The number of benzene rings is 2. The number of alkyl halides is 2. The van der Waals surface area contributed by atoms with Crippen LogP contribution in [0, 0.1) is 5.82 Å². The van der Waals surface area contributed by atoms with Crippen molar-refractivity contribution < 1.29 is 31.1 Å². The molecule has 6 nitrogen and oxygen atoms in total. The third-order valence-electron chi connectivity index (χ3n) is 4.48. The van der Waals surface area contributed by atoms with E-state index in [1.807, 2.05) is 0 Å². The monoisotopic (exact) mass is 428 g/mol. The number of sulfonamides is 1. The predicted octanol–water partition coefficient (Wildman–Crippen LogP) is 3.85. The predicted molar refractivity (Wildman–Crippen MR) is 100 cm³/mol. The zero-order chi connectivity index (χ0) is 21.0. The average Bonchev–Trinajstić information content (AvgIpc) is 2.70. The zero-order valence-corrected chi connectivity index (χ0v) is 16.1. The summed E-state index contributed by atoms with van der Waals surface area (Å²) in [7, 11) is -4.09. The summed E-state index contributed by atoms with van der Waals surface area (Å²) in [5.41, 5.74) is -0.156. The van der Waals surface area contributed by atoms with Crippen LogP contribution < -0.4 is 10.1 Å². The number of carbonyl (C=O) groups is 1. The molecule has 2 aromatic carbocycles. The van der Waals surface area contributed by atoms with Crippen molar-refractivity contribution in [1.82, 2.24) is 4.31 Å². The van der Waals surface area contributed by atoms with Crippen molar-refractivity contribution in [2.24, 2.45) is 0 Å². The SMILES string of the molecule is O=C(Nc1ccccc1OC(F)F)c1ccc(F)c(S(=O)(=O)N2CCCCC2)c1. The number of anilines is 1. The van der Waals surface area contributed by atoms with Crippen LogP contribution in [0.2, 0.25) is 0 Å². The minimum absolute atomic E-state index is 0.0254. The molecule has 0 spiro atoms. The minimum Gasteiger partial charge on any atom is -0.433 e. The van der Waals surface area contributed by atoms with E-state index in [0.29, 0.717) is 12.8 Å². The van der Waals surface area contributed by atoms with E-state index >= 15 is 0 Å². The van der Waals surface area contributed by atoms with E-state index in [0.717, 1.165) is 24.6 Å². The van der Waals surface area contributed by atoms with Crippen LogP contribution in [-0.4, -0.2) is 38.3 Å². The molecule has 1 aliphatic rings. The largest absolute Gasteiger partial charge is 0.433 e. The summed E-state index contributed by atoms with van der Waals surface area (Å²) in [6, 6.07) is 8.53. The number of nitrogens with zero attached hydrogens (tertiary/aromatic N) is 1. The van der Waals surface area contributed by atoms with Crippen molar-refractivity contribution in [3.8, 4) is 5.75 Å². The second-order valence-electron chi connectivity index (χ2n) is 6.44. The van der Waals surface area contributed by atoms with Crippen molar-refractivity contribution in [3.05, 3.63) is 53.8 Å². The molecule has 1 aliphatic heterocycles. The number of hydrogen-bond donors (Lipinski definition) is 1. The highest BCUT2D eigenvalue weighted by atomic mass is 32.2. The fourth-order valence-electron chi connectivity index (χ4n) is 3.05. The molecule has 0 bridgehead atoms. The molecule has 1 fully saturated rings. The molecule has 0 aromatic heterocycles. The second kappa shape index (κ2) is 8.83. The van der Waals surface area contributed by atoms with E-state index in [4.69, 9.17) is 0 Å². The summed E-state index contributed by atoms with van der Waals surface area (Å²) in [5.74, 6) is -2.00. The van der Waals surface area contributed by atoms with Gasteiger partial charge in [0, 0.05) is 18.7 Å². The van der Waals surface area contributed by atoms with Crippen LogP contribution in [0.15, 0.2) is 47.4 Å². The van der Waals surface area contributed by atoms with Crippen LogP contribution in [0.3, 0.4) is 0 Å². The smallest absolute Gasteiger partial charge is 0.387 e. The van der Waals surface area contributed by atoms with Crippen molar-refractivity contribution in [2.75, 3.05) is 18.4 Å². The average molecular weight is 428 g/mol. The number of para-hydroxylation sites is 2. The maximum atomic E-state index is 14.3. The summed E-state index contributed by atoms with van der Waals surface area (Å²) in [4.78, 5) is 11.9. The highest BCUT2D eigenvalue weighted by Gasteiger charge is 2.29. The molecule has 10 heteroatoms. The Morgan fingerprint density at radius 2 is 1.76 bits per heavy atom. The lowest BCUT2D eigenvalue weighted by Crippen LogP contribution is -2.36. The highest BCUT2D eigenvalue weighted by Crippen LogP contribution is 2.27. The quantitative estimate of drug-likeness (QED) is 0.758. The van der Waals surface area contributed by atoms with E-state index < -0.39 is 33.3 Å². The molecule has 2 aromatic rings. The Morgan fingerprint density at radius 3 is 2.45 bits per heavy atom. The molecule has 29 heavy (non-hydrogen) atoms. The first-order chi connectivity index (χ1) is 13.8. The van der Waals surface area contributed by atoms with Gasteiger partial charge in [-0.25, -0.2) is 12.8 Å². The zero-order valence-electron chi connectivity index (χ0n) is 15.3. The molecular formula is C19H19F3N2O4S. The van der Waals surface area contributed by atoms with Crippen molar-refractivity contribution in [3.63, 3.8) is 0 Å². The lowest BCUT2D eigenvalue weighted by molar-refractivity contribution is -0.0493. The van der Waals surface area contributed by atoms with Crippen LogP contribution in [-0.2, 0) is 10.0 Å². The molecule has 3 rings (SSSR count). The topological polar surface area (TPSA) is 75.7 Å². The molecule has 0 radical (unpaired) electrons. The molecule has 1 saturated heterocycles. The van der Waals surface area contributed by atoms with Gasteiger partial charge in [-0.05, 0) is 43.2 Å². The summed E-state index contributed by atoms with van der Waals surface area (Å²) in [5, 5.41) is 2.38. The molecular weight excluding hydrogens is 409 g/mol. The summed E-state index contributed by atoms with van der Waals surface area (Å²) < 4.78 is 70.4. The van der Waals surface area contributed by atoms with E-state index in [2.05, 4.69) is 10.1 Å². The number of ether oxygens (including phenoxy) is 1. The van der Waals surface area contributed by atoms with Gasteiger partial charge in [-0.2, -0.15) is 13.1 Å². The second-order valence-corrected chi connectivity index (χ2v) is 8.35. The van der Waals surface area contributed by atoms with Gasteiger partial charge in [0.25, 0.3) is 5.91 Å². The fraction of sp³-hybridized carbons (Fsp3) is 0.316. The van der Waals surface area contributed by atoms with Crippen LogP contribution in [0.5, 0.6) is 5.75 Å². The maximum absolute atomic E-state index is 14.3. The normalized spacial score (nSPS) is 15.3.